The van der Waals surface area contributed by atoms with Gasteiger partial charge in [-0.2, -0.15) is 0 Å². The normalized spacial score (nSPS) is 30.5. The number of ether oxygens (including phenoxy) is 3. The van der Waals surface area contributed by atoms with Crippen LogP contribution in [-0.2, 0) is 15.0 Å². The van der Waals surface area contributed by atoms with E-state index in [9.17, 15) is 9.59 Å². The molecule has 1 spiro atoms. The molecule has 212 valence electrons. The van der Waals surface area contributed by atoms with Crippen molar-refractivity contribution < 1.29 is 23.8 Å². The Bertz CT molecular complexity index is 1630. The van der Waals surface area contributed by atoms with Crippen LogP contribution in [0.4, 0.5) is 5.69 Å². The number of hydrogen-bond donors (Lipinski definition) is 1. The molecule has 2 aromatic carbocycles. The summed E-state index contributed by atoms with van der Waals surface area (Å²) in [7, 11) is 0. The lowest BCUT2D eigenvalue weighted by Crippen LogP contribution is -2.45. The molecule has 0 fully saturated rings. The third-order valence-corrected chi connectivity index (χ3v) is 9.61. The maximum atomic E-state index is 14.2. The van der Waals surface area contributed by atoms with Crippen LogP contribution in [-0.4, -0.2) is 50.1 Å². The van der Waals surface area contributed by atoms with Crippen molar-refractivity contribution in [1.82, 2.24) is 5.32 Å². The van der Waals surface area contributed by atoms with Crippen LogP contribution in [0.5, 0.6) is 17.2 Å². The minimum absolute atomic E-state index is 0.0163. The van der Waals surface area contributed by atoms with Crippen molar-refractivity contribution in [3.63, 3.8) is 0 Å². The van der Waals surface area contributed by atoms with Crippen LogP contribution < -0.4 is 24.4 Å². The maximum Gasteiger partial charge on any atom is 0.245 e. The summed E-state index contributed by atoms with van der Waals surface area (Å²) in [5.74, 6) is 1.73. The van der Waals surface area contributed by atoms with Gasteiger partial charge in [0.05, 0.1) is 0 Å². The van der Waals surface area contributed by atoms with Gasteiger partial charge in [-0.15, -0.1) is 0 Å². The van der Waals surface area contributed by atoms with Crippen LogP contribution in [0.15, 0.2) is 90.0 Å². The molecule has 2 atom stereocenters. The number of aliphatic imine (C=N–C) groups is 1. The van der Waals surface area contributed by atoms with Crippen molar-refractivity contribution in [3.05, 3.63) is 96.1 Å². The number of rotatable bonds is 5. The molecule has 0 saturated carbocycles. The topological polar surface area (TPSA) is 89.5 Å². The van der Waals surface area contributed by atoms with Gasteiger partial charge in [-0.3, -0.25) is 14.6 Å². The minimum atomic E-state index is -0.925. The number of fused-ring (bicyclic) bond motifs is 5. The van der Waals surface area contributed by atoms with E-state index < -0.39 is 11.0 Å². The Morgan fingerprint density at radius 2 is 1.71 bits per heavy atom. The summed E-state index contributed by atoms with van der Waals surface area (Å²) < 4.78 is 17.2. The number of benzene rings is 2. The number of allylic oxidation sites excluding steroid dienone is 4. The summed E-state index contributed by atoms with van der Waals surface area (Å²) in [6.45, 7) is 1.34. The van der Waals surface area contributed by atoms with Gasteiger partial charge in [0, 0.05) is 48.0 Å². The van der Waals surface area contributed by atoms with Crippen molar-refractivity contribution in [2.45, 2.75) is 30.2 Å². The fourth-order valence-electron chi connectivity index (χ4n) is 7.45. The zero-order valence-electron chi connectivity index (χ0n) is 23.1. The van der Waals surface area contributed by atoms with E-state index in [0.717, 1.165) is 16.8 Å². The lowest BCUT2D eigenvalue weighted by atomic mass is 9.61. The molecule has 8 nitrogen and oxygen atoms in total. The van der Waals surface area contributed by atoms with Crippen molar-refractivity contribution in [3.8, 4) is 17.2 Å². The maximum absolute atomic E-state index is 14.2. The molecule has 0 aromatic heterocycles. The highest BCUT2D eigenvalue weighted by molar-refractivity contribution is 6.11. The van der Waals surface area contributed by atoms with Gasteiger partial charge in [0.1, 0.15) is 23.3 Å². The van der Waals surface area contributed by atoms with Crippen LogP contribution in [0.1, 0.15) is 30.4 Å². The Balaban J connectivity index is 0.966. The molecule has 0 bridgehead atoms. The molecular weight excluding hydrogens is 530 g/mol. The van der Waals surface area contributed by atoms with Crippen LogP contribution in [0.25, 0.3) is 0 Å². The molecule has 1 N–H and O–H groups in total. The standard InChI is InChI=1S/C34H31N3O5/c38-30(23-10-16-36-33-13-5-3-11-32(33,20-23)12-4-6-14-33)35-15-7-17-37-26-9-2-1-8-24(26)34(31(37)39)21-40-27-19-29-28(18-25(27)34)41-22-42-29/h1-6,8-9,11-14,16,18-19,23H,7,10,15,17,20-22H2,(H,35,38). The first-order chi connectivity index (χ1) is 20.6. The average Bonchev–Trinajstić information content (AvgIpc) is 3.65. The average molecular weight is 562 g/mol. The smallest absolute Gasteiger partial charge is 0.245 e. The molecule has 4 aliphatic heterocycles. The summed E-state index contributed by atoms with van der Waals surface area (Å²) >= 11 is 0. The van der Waals surface area contributed by atoms with Crippen LogP contribution >= 0.6 is 0 Å². The molecular formula is C34H31N3O5. The van der Waals surface area contributed by atoms with Crippen molar-refractivity contribution in [2.24, 2.45) is 16.3 Å². The van der Waals surface area contributed by atoms with E-state index in [1.165, 1.54) is 0 Å². The molecule has 0 radical (unpaired) electrons. The molecule has 42 heavy (non-hydrogen) atoms. The first-order valence-corrected chi connectivity index (χ1v) is 14.6. The fourth-order valence-corrected chi connectivity index (χ4v) is 7.45. The number of para-hydroxylation sites is 1. The third-order valence-electron chi connectivity index (χ3n) is 9.61. The lowest BCUT2D eigenvalue weighted by molar-refractivity contribution is -0.125. The van der Waals surface area contributed by atoms with Gasteiger partial charge in [0.15, 0.2) is 11.5 Å². The van der Waals surface area contributed by atoms with Gasteiger partial charge < -0.3 is 24.4 Å². The second kappa shape index (κ2) is 9.21. The number of carbonyl (C=O) groups excluding carboxylic acids is 2. The van der Waals surface area contributed by atoms with Gasteiger partial charge in [-0.05, 0) is 37.0 Å². The number of amides is 2. The zero-order chi connectivity index (χ0) is 28.4. The van der Waals surface area contributed by atoms with E-state index in [0.29, 0.717) is 49.6 Å². The van der Waals surface area contributed by atoms with E-state index >= 15 is 0 Å². The van der Waals surface area contributed by atoms with Crippen LogP contribution in [0.2, 0.25) is 0 Å². The highest BCUT2D eigenvalue weighted by atomic mass is 16.7. The molecule has 8 heteroatoms. The molecule has 2 aromatic rings. The van der Waals surface area contributed by atoms with Crippen molar-refractivity contribution in [2.75, 3.05) is 31.4 Å². The number of nitrogens with one attached hydrogen (secondary N) is 1. The second-order valence-corrected chi connectivity index (χ2v) is 11.8. The Morgan fingerprint density at radius 3 is 2.55 bits per heavy atom. The van der Waals surface area contributed by atoms with Gasteiger partial charge in [0.25, 0.3) is 0 Å². The van der Waals surface area contributed by atoms with E-state index in [4.69, 9.17) is 19.2 Å². The summed E-state index contributed by atoms with van der Waals surface area (Å²) in [6, 6.07) is 11.6. The predicted molar refractivity (Wildman–Crippen MR) is 158 cm³/mol. The van der Waals surface area contributed by atoms with E-state index in [1.807, 2.05) is 59.7 Å². The minimum Gasteiger partial charge on any atom is -0.491 e. The molecule has 2 amide bonds. The fraction of sp³-hybridized carbons (Fsp3) is 0.324. The number of anilines is 1. The Kier molecular flexibility index (Phi) is 5.51. The lowest BCUT2D eigenvalue weighted by Gasteiger charge is -2.44. The number of hydrogen-bond acceptors (Lipinski definition) is 6. The highest BCUT2D eigenvalue weighted by Crippen LogP contribution is 2.55. The van der Waals surface area contributed by atoms with E-state index in [1.54, 1.807) is 0 Å². The van der Waals surface area contributed by atoms with Crippen LogP contribution in [0.3, 0.4) is 0 Å². The van der Waals surface area contributed by atoms with Crippen LogP contribution in [0, 0.1) is 11.3 Å². The SMILES string of the molecule is O=C(NCCCN1C(=O)C2(COc3cc4c(cc32)OCO4)c2ccccc21)C1CC=NC23C=CC=CC2(C=CC=C3)C1. The third kappa shape index (κ3) is 3.44. The largest absolute Gasteiger partial charge is 0.491 e. The van der Waals surface area contributed by atoms with Crippen molar-refractivity contribution in [1.29, 1.82) is 0 Å². The number of carbonyl (C=O) groups is 2. The molecule has 0 saturated heterocycles. The monoisotopic (exact) mass is 561 g/mol. The second-order valence-electron chi connectivity index (χ2n) is 11.8. The van der Waals surface area contributed by atoms with Gasteiger partial charge >= 0.3 is 0 Å². The van der Waals surface area contributed by atoms with E-state index in [2.05, 4.69) is 41.8 Å². The molecule has 2 unspecified atom stereocenters. The molecule has 4 heterocycles. The first kappa shape index (κ1) is 25.1. The van der Waals surface area contributed by atoms with Gasteiger partial charge in [0.2, 0.25) is 18.6 Å². The summed E-state index contributed by atoms with van der Waals surface area (Å²) in [6.07, 6.45) is 20.6. The van der Waals surface area contributed by atoms with Gasteiger partial charge in [-0.25, -0.2) is 0 Å². The summed E-state index contributed by atoms with van der Waals surface area (Å²) in [5, 5.41) is 3.16. The number of nitrogens with zero attached hydrogens (tertiary/aromatic N) is 2. The molecule has 6 aliphatic rings. The van der Waals surface area contributed by atoms with E-state index in [-0.39, 0.29) is 36.5 Å². The summed E-state index contributed by atoms with van der Waals surface area (Å²) in [5.41, 5.74) is 0.887. The molecule has 2 aliphatic carbocycles. The van der Waals surface area contributed by atoms with Gasteiger partial charge in [-0.1, -0.05) is 66.8 Å². The zero-order valence-corrected chi connectivity index (χ0v) is 23.1. The highest BCUT2D eigenvalue weighted by Gasteiger charge is 2.57. The predicted octanol–water partition coefficient (Wildman–Crippen LogP) is 4.40. The van der Waals surface area contributed by atoms with Crippen molar-refractivity contribution >= 4 is 23.7 Å². The molecule has 8 rings (SSSR count). The Labute approximate surface area is 244 Å². The quantitative estimate of drug-likeness (QED) is 0.547. The summed E-state index contributed by atoms with van der Waals surface area (Å²) in [4.78, 5) is 34.4. The Morgan fingerprint density at radius 1 is 0.952 bits per heavy atom. The Hall–Kier alpha value is -4.59. The first-order valence-electron chi connectivity index (χ1n) is 14.6.